The maximum absolute atomic E-state index is 13.2. The van der Waals surface area contributed by atoms with Crippen molar-refractivity contribution in [1.29, 1.82) is 0 Å². The molecule has 1 aliphatic heterocycles. The van der Waals surface area contributed by atoms with Crippen LogP contribution >= 0.6 is 12.2 Å². The first-order valence-electron chi connectivity index (χ1n) is 9.09. The van der Waals surface area contributed by atoms with Gasteiger partial charge in [0.1, 0.15) is 5.82 Å². The van der Waals surface area contributed by atoms with E-state index in [9.17, 15) is 4.39 Å². The van der Waals surface area contributed by atoms with E-state index in [1.54, 1.807) is 12.1 Å². The van der Waals surface area contributed by atoms with Crippen LogP contribution in [0.2, 0.25) is 0 Å². The molecule has 2 aromatic carbocycles. The summed E-state index contributed by atoms with van der Waals surface area (Å²) in [7, 11) is 1.91. The number of hydrogen-bond acceptors (Lipinski definition) is 2. The summed E-state index contributed by atoms with van der Waals surface area (Å²) in [6, 6.07) is 16.9. The zero-order chi connectivity index (χ0) is 18.8. The Bertz CT molecular complexity index is 1020. The van der Waals surface area contributed by atoms with E-state index in [0.717, 1.165) is 37.6 Å². The maximum atomic E-state index is 13.2. The minimum absolute atomic E-state index is 0.252. The second kappa shape index (κ2) is 7.58. The molecule has 0 fully saturated rings. The first-order valence-corrected chi connectivity index (χ1v) is 9.50. The van der Waals surface area contributed by atoms with Crippen molar-refractivity contribution in [3.63, 3.8) is 0 Å². The predicted octanol–water partition coefficient (Wildman–Crippen LogP) is 3.09. The molecule has 0 amide bonds. The van der Waals surface area contributed by atoms with E-state index < -0.39 is 0 Å². The normalized spacial score (nSPS) is 17.0. The Kier molecular flexibility index (Phi) is 5.01. The van der Waals surface area contributed by atoms with Crippen LogP contribution in [0.25, 0.3) is 17.0 Å². The van der Waals surface area contributed by atoms with Crippen molar-refractivity contribution in [2.75, 3.05) is 13.1 Å². The standard InChI is InChI=1S/C21H21FN4S/c1-24-20(18-7-9-19(22)10-8-18)23-26(21(24)27)15-25-13-11-17(12-14-25)16-5-3-2-4-6-16/h2-11H,12-15H2,1H3/p+1. The Morgan fingerprint density at radius 2 is 1.81 bits per heavy atom. The number of hydrogen-bond donors (Lipinski definition) is 1. The molecule has 4 rings (SSSR count). The zero-order valence-electron chi connectivity index (χ0n) is 15.2. The highest BCUT2D eigenvalue weighted by molar-refractivity contribution is 7.71. The van der Waals surface area contributed by atoms with Crippen LogP contribution in [0.15, 0.2) is 60.7 Å². The number of aromatic nitrogens is 3. The Morgan fingerprint density at radius 3 is 2.48 bits per heavy atom. The third-order valence-corrected chi connectivity index (χ3v) is 5.53. The van der Waals surface area contributed by atoms with Crippen molar-refractivity contribution in [3.05, 3.63) is 76.8 Å². The van der Waals surface area contributed by atoms with Gasteiger partial charge in [-0.3, -0.25) is 0 Å². The minimum Gasteiger partial charge on any atom is -0.313 e. The molecule has 0 radical (unpaired) electrons. The van der Waals surface area contributed by atoms with Gasteiger partial charge < -0.3 is 9.47 Å². The van der Waals surface area contributed by atoms with Gasteiger partial charge in [-0.1, -0.05) is 30.3 Å². The monoisotopic (exact) mass is 381 g/mol. The van der Waals surface area contributed by atoms with Gasteiger partial charge in [0.2, 0.25) is 4.77 Å². The van der Waals surface area contributed by atoms with Gasteiger partial charge in [-0.05, 0) is 53.7 Å². The molecule has 0 bridgehead atoms. The molecule has 6 heteroatoms. The van der Waals surface area contributed by atoms with E-state index in [4.69, 9.17) is 17.3 Å². The minimum atomic E-state index is -0.252. The SMILES string of the molecule is Cn1c(-c2ccc(F)cc2)nn(C[NH+]2CC=C(c3ccccc3)CC2)c1=S. The van der Waals surface area contributed by atoms with Crippen LogP contribution in [-0.2, 0) is 13.7 Å². The average molecular weight is 382 g/mol. The molecule has 1 aliphatic rings. The Hall–Kier alpha value is -2.57. The van der Waals surface area contributed by atoms with Crippen LogP contribution in [0.4, 0.5) is 4.39 Å². The second-order valence-corrected chi connectivity index (χ2v) is 7.24. The topological polar surface area (TPSA) is 27.2 Å². The first-order chi connectivity index (χ1) is 13.1. The van der Waals surface area contributed by atoms with Crippen LogP contribution < -0.4 is 4.90 Å². The number of halogens is 1. The molecule has 0 aliphatic carbocycles. The lowest BCUT2D eigenvalue weighted by Crippen LogP contribution is -3.11. The first kappa shape index (κ1) is 17.8. The molecule has 1 unspecified atom stereocenters. The molecule has 1 N–H and O–H groups in total. The molecule has 1 aromatic heterocycles. The van der Waals surface area contributed by atoms with Crippen molar-refractivity contribution in [3.8, 4) is 11.4 Å². The number of nitrogens with zero attached hydrogens (tertiary/aromatic N) is 3. The summed E-state index contributed by atoms with van der Waals surface area (Å²) < 4.78 is 17.6. The Balaban J connectivity index is 1.51. The summed E-state index contributed by atoms with van der Waals surface area (Å²) in [6.07, 6.45) is 3.37. The molecule has 1 atom stereocenters. The fourth-order valence-corrected chi connectivity index (χ4v) is 3.69. The van der Waals surface area contributed by atoms with Crippen LogP contribution in [-0.4, -0.2) is 27.4 Å². The van der Waals surface area contributed by atoms with Gasteiger partial charge in [0, 0.05) is 19.0 Å². The van der Waals surface area contributed by atoms with Gasteiger partial charge in [0.25, 0.3) is 0 Å². The highest BCUT2D eigenvalue weighted by Crippen LogP contribution is 2.19. The van der Waals surface area contributed by atoms with Crippen LogP contribution in [0.5, 0.6) is 0 Å². The fraction of sp³-hybridized carbons (Fsp3) is 0.238. The van der Waals surface area contributed by atoms with E-state index in [2.05, 4.69) is 30.3 Å². The molecule has 0 spiro atoms. The summed E-state index contributed by atoms with van der Waals surface area (Å²) in [5.41, 5.74) is 3.59. The molecule has 2 heterocycles. The summed E-state index contributed by atoms with van der Waals surface area (Å²) in [6.45, 7) is 2.73. The second-order valence-electron chi connectivity index (χ2n) is 6.88. The molecular formula is C21H22FN4S+. The lowest BCUT2D eigenvalue weighted by atomic mass is 10.00. The summed E-state index contributed by atoms with van der Waals surface area (Å²) >= 11 is 5.57. The molecule has 0 saturated carbocycles. The van der Waals surface area contributed by atoms with Gasteiger partial charge in [0.05, 0.1) is 13.1 Å². The van der Waals surface area contributed by atoms with Gasteiger partial charge in [-0.25, -0.2) is 4.39 Å². The van der Waals surface area contributed by atoms with E-state index in [1.165, 1.54) is 28.2 Å². The number of benzene rings is 2. The van der Waals surface area contributed by atoms with Gasteiger partial charge in [-0.2, -0.15) is 4.68 Å². The molecular weight excluding hydrogens is 359 g/mol. The summed E-state index contributed by atoms with van der Waals surface area (Å²) in [5.74, 6) is 0.509. The largest absolute Gasteiger partial charge is 0.313 e. The van der Waals surface area contributed by atoms with Crippen LogP contribution in [0, 0.1) is 10.6 Å². The summed E-state index contributed by atoms with van der Waals surface area (Å²) in [5, 5.41) is 4.69. The molecule has 3 aromatic rings. The van der Waals surface area contributed by atoms with E-state index in [-0.39, 0.29) is 5.82 Å². The van der Waals surface area contributed by atoms with Crippen molar-refractivity contribution in [1.82, 2.24) is 14.3 Å². The van der Waals surface area contributed by atoms with Crippen molar-refractivity contribution in [2.24, 2.45) is 7.05 Å². The highest BCUT2D eigenvalue weighted by atomic mass is 32.1. The quantitative estimate of drug-likeness (QED) is 0.703. The van der Waals surface area contributed by atoms with Crippen molar-refractivity contribution in [2.45, 2.75) is 13.1 Å². The van der Waals surface area contributed by atoms with E-state index >= 15 is 0 Å². The van der Waals surface area contributed by atoms with Crippen molar-refractivity contribution >= 4 is 17.8 Å². The van der Waals surface area contributed by atoms with E-state index in [0.29, 0.717) is 4.77 Å². The van der Waals surface area contributed by atoms with E-state index in [1.807, 2.05) is 22.4 Å². The Morgan fingerprint density at radius 1 is 1.07 bits per heavy atom. The highest BCUT2D eigenvalue weighted by Gasteiger charge is 2.18. The average Bonchev–Trinajstić information content (AvgIpc) is 2.98. The lowest BCUT2D eigenvalue weighted by molar-refractivity contribution is -0.918. The maximum Gasteiger partial charge on any atom is 0.202 e. The molecule has 0 saturated heterocycles. The smallest absolute Gasteiger partial charge is 0.202 e. The number of nitrogens with one attached hydrogen (secondary N) is 1. The molecule has 27 heavy (non-hydrogen) atoms. The third-order valence-electron chi connectivity index (χ3n) is 5.05. The predicted molar refractivity (Wildman–Crippen MR) is 107 cm³/mol. The molecule has 138 valence electrons. The van der Waals surface area contributed by atoms with Gasteiger partial charge >= 0.3 is 0 Å². The molecule has 4 nitrogen and oxygen atoms in total. The lowest BCUT2D eigenvalue weighted by Gasteiger charge is -2.23. The third kappa shape index (κ3) is 3.77. The van der Waals surface area contributed by atoms with Crippen LogP contribution in [0.1, 0.15) is 12.0 Å². The zero-order valence-corrected chi connectivity index (χ0v) is 16.0. The van der Waals surface area contributed by atoms with Crippen LogP contribution in [0.3, 0.4) is 0 Å². The Labute approximate surface area is 163 Å². The fourth-order valence-electron chi connectivity index (χ4n) is 3.49. The number of rotatable bonds is 4. The van der Waals surface area contributed by atoms with Gasteiger partial charge in [-0.15, -0.1) is 5.10 Å². The van der Waals surface area contributed by atoms with Gasteiger partial charge in [0.15, 0.2) is 12.5 Å². The summed E-state index contributed by atoms with van der Waals surface area (Å²) in [4.78, 5) is 1.43. The van der Waals surface area contributed by atoms with Crippen molar-refractivity contribution < 1.29 is 9.29 Å². The number of quaternary nitrogens is 1.